The van der Waals surface area contributed by atoms with E-state index in [1.54, 1.807) is 6.92 Å². The van der Waals surface area contributed by atoms with Gasteiger partial charge in [0.25, 0.3) is 0 Å². The SMILES string of the molecule is CCc1ccc(N(C)c2ccc(C(C)O)cc2Cl)cc1. The summed E-state index contributed by atoms with van der Waals surface area (Å²) in [6.07, 6.45) is 0.532. The number of hydrogen-bond donors (Lipinski definition) is 1. The van der Waals surface area contributed by atoms with Crippen LogP contribution < -0.4 is 4.90 Å². The quantitative estimate of drug-likeness (QED) is 0.880. The predicted molar refractivity (Wildman–Crippen MR) is 86.0 cm³/mol. The molecule has 0 bridgehead atoms. The van der Waals surface area contributed by atoms with Crippen LogP contribution in [0.5, 0.6) is 0 Å². The molecule has 0 saturated heterocycles. The highest BCUT2D eigenvalue weighted by atomic mass is 35.5. The van der Waals surface area contributed by atoms with E-state index in [4.69, 9.17) is 11.6 Å². The fraction of sp³-hybridized carbons (Fsp3) is 0.294. The Bertz CT molecular complexity index is 578. The Hall–Kier alpha value is -1.51. The molecule has 2 aromatic rings. The maximum atomic E-state index is 9.58. The summed E-state index contributed by atoms with van der Waals surface area (Å²) in [4.78, 5) is 2.05. The first kappa shape index (κ1) is 14.9. The molecule has 0 spiro atoms. The first-order valence-corrected chi connectivity index (χ1v) is 7.21. The average molecular weight is 290 g/mol. The third-order valence-electron chi connectivity index (χ3n) is 3.55. The average Bonchev–Trinajstić information content (AvgIpc) is 2.46. The zero-order valence-corrected chi connectivity index (χ0v) is 12.9. The van der Waals surface area contributed by atoms with Gasteiger partial charge in [-0.05, 0) is 48.7 Å². The second-order valence-corrected chi connectivity index (χ2v) is 5.37. The fourth-order valence-electron chi connectivity index (χ4n) is 2.15. The van der Waals surface area contributed by atoms with Crippen molar-refractivity contribution in [3.63, 3.8) is 0 Å². The van der Waals surface area contributed by atoms with Gasteiger partial charge in [-0.1, -0.05) is 36.7 Å². The van der Waals surface area contributed by atoms with Gasteiger partial charge in [-0.15, -0.1) is 0 Å². The Morgan fingerprint density at radius 3 is 2.30 bits per heavy atom. The smallest absolute Gasteiger partial charge is 0.0762 e. The third-order valence-corrected chi connectivity index (χ3v) is 3.85. The molecule has 106 valence electrons. The van der Waals surface area contributed by atoms with E-state index in [0.29, 0.717) is 5.02 Å². The van der Waals surface area contributed by atoms with E-state index in [2.05, 4.69) is 31.2 Å². The lowest BCUT2D eigenvalue weighted by Gasteiger charge is -2.22. The standard InChI is InChI=1S/C17H20ClNO/c1-4-13-5-8-15(9-6-13)19(3)17-10-7-14(12(2)20)11-16(17)18/h5-12,20H,4H2,1-3H3. The van der Waals surface area contributed by atoms with Gasteiger partial charge in [-0.2, -0.15) is 0 Å². The van der Waals surface area contributed by atoms with Crippen LogP contribution >= 0.6 is 11.6 Å². The number of halogens is 1. The number of anilines is 2. The molecule has 20 heavy (non-hydrogen) atoms. The van der Waals surface area contributed by atoms with Crippen molar-refractivity contribution in [3.8, 4) is 0 Å². The molecule has 0 heterocycles. The van der Waals surface area contributed by atoms with Crippen molar-refractivity contribution in [2.24, 2.45) is 0 Å². The first-order valence-electron chi connectivity index (χ1n) is 6.83. The van der Waals surface area contributed by atoms with Gasteiger partial charge in [0.1, 0.15) is 0 Å². The molecule has 0 aromatic heterocycles. The monoisotopic (exact) mass is 289 g/mol. The zero-order valence-electron chi connectivity index (χ0n) is 12.1. The van der Waals surface area contributed by atoms with E-state index in [-0.39, 0.29) is 0 Å². The van der Waals surface area contributed by atoms with E-state index in [0.717, 1.165) is 23.4 Å². The van der Waals surface area contributed by atoms with Crippen molar-refractivity contribution in [2.75, 3.05) is 11.9 Å². The number of benzene rings is 2. The van der Waals surface area contributed by atoms with Crippen LogP contribution in [0, 0.1) is 0 Å². The second-order valence-electron chi connectivity index (χ2n) is 4.97. The van der Waals surface area contributed by atoms with Crippen LogP contribution in [0.2, 0.25) is 5.02 Å². The first-order chi connectivity index (χ1) is 9.52. The summed E-state index contributed by atoms with van der Waals surface area (Å²) in [5.41, 5.74) is 4.17. The van der Waals surface area contributed by atoms with Gasteiger partial charge in [-0.25, -0.2) is 0 Å². The van der Waals surface area contributed by atoms with Crippen LogP contribution in [0.15, 0.2) is 42.5 Å². The van der Waals surface area contributed by atoms with Gasteiger partial charge in [0.05, 0.1) is 16.8 Å². The molecule has 0 amide bonds. The van der Waals surface area contributed by atoms with Gasteiger partial charge < -0.3 is 10.0 Å². The van der Waals surface area contributed by atoms with Crippen molar-refractivity contribution in [3.05, 3.63) is 58.6 Å². The van der Waals surface area contributed by atoms with Crippen LogP contribution in [-0.2, 0) is 6.42 Å². The van der Waals surface area contributed by atoms with Crippen molar-refractivity contribution in [2.45, 2.75) is 26.4 Å². The molecule has 0 aliphatic carbocycles. The maximum Gasteiger partial charge on any atom is 0.0762 e. The molecule has 0 saturated carbocycles. The van der Waals surface area contributed by atoms with E-state index >= 15 is 0 Å². The number of aryl methyl sites for hydroxylation is 1. The van der Waals surface area contributed by atoms with Gasteiger partial charge in [0.15, 0.2) is 0 Å². The van der Waals surface area contributed by atoms with Crippen LogP contribution in [0.1, 0.15) is 31.1 Å². The van der Waals surface area contributed by atoms with Crippen molar-refractivity contribution < 1.29 is 5.11 Å². The van der Waals surface area contributed by atoms with Gasteiger partial charge in [-0.3, -0.25) is 0 Å². The summed E-state index contributed by atoms with van der Waals surface area (Å²) >= 11 is 6.32. The Morgan fingerprint density at radius 1 is 1.15 bits per heavy atom. The molecule has 1 atom stereocenters. The third kappa shape index (κ3) is 3.14. The van der Waals surface area contributed by atoms with Crippen molar-refractivity contribution in [1.29, 1.82) is 0 Å². The highest BCUT2D eigenvalue weighted by molar-refractivity contribution is 6.33. The van der Waals surface area contributed by atoms with Crippen LogP contribution in [0.25, 0.3) is 0 Å². The molecule has 3 heteroatoms. The predicted octanol–water partition coefficient (Wildman–Crippen LogP) is 4.72. The van der Waals surface area contributed by atoms with E-state index in [1.807, 2.05) is 30.1 Å². The zero-order chi connectivity index (χ0) is 14.7. The molecule has 1 N–H and O–H groups in total. The number of aliphatic hydroxyl groups is 1. The minimum absolute atomic E-state index is 0.504. The topological polar surface area (TPSA) is 23.5 Å². The van der Waals surface area contributed by atoms with Crippen molar-refractivity contribution in [1.82, 2.24) is 0 Å². The summed E-state index contributed by atoms with van der Waals surface area (Å²) < 4.78 is 0. The number of hydrogen-bond acceptors (Lipinski definition) is 2. The number of nitrogens with zero attached hydrogens (tertiary/aromatic N) is 1. The Morgan fingerprint density at radius 2 is 1.80 bits per heavy atom. The summed E-state index contributed by atoms with van der Waals surface area (Å²) in [6, 6.07) is 14.1. The minimum Gasteiger partial charge on any atom is -0.389 e. The fourth-order valence-corrected chi connectivity index (χ4v) is 2.47. The highest BCUT2D eigenvalue weighted by Crippen LogP contribution is 2.32. The largest absolute Gasteiger partial charge is 0.389 e. The lowest BCUT2D eigenvalue weighted by atomic mass is 10.1. The van der Waals surface area contributed by atoms with Gasteiger partial charge in [0.2, 0.25) is 0 Å². The van der Waals surface area contributed by atoms with Crippen molar-refractivity contribution >= 4 is 23.0 Å². The molecule has 2 nitrogen and oxygen atoms in total. The number of rotatable bonds is 4. The lowest BCUT2D eigenvalue weighted by Crippen LogP contribution is -2.10. The van der Waals surface area contributed by atoms with Crippen LogP contribution in [0.3, 0.4) is 0 Å². The molecular weight excluding hydrogens is 270 g/mol. The molecule has 0 fully saturated rings. The van der Waals surface area contributed by atoms with E-state index < -0.39 is 6.10 Å². The van der Waals surface area contributed by atoms with E-state index in [1.165, 1.54) is 5.56 Å². The summed E-state index contributed by atoms with van der Waals surface area (Å²) in [6.45, 7) is 3.88. The summed E-state index contributed by atoms with van der Waals surface area (Å²) in [7, 11) is 1.99. The lowest BCUT2D eigenvalue weighted by molar-refractivity contribution is 0.199. The molecule has 2 aromatic carbocycles. The Kier molecular flexibility index (Phi) is 4.69. The van der Waals surface area contributed by atoms with Crippen LogP contribution in [0.4, 0.5) is 11.4 Å². The Balaban J connectivity index is 2.30. The molecule has 0 aliphatic heterocycles. The van der Waals surface area contributed by atoms with Gasteiger partial charge >= 0.3 is 0 Å². The second kappa shape index (κ2) is 6.29. The van der Waals surface area contributed by atoms with Crippen LogP contribution in [-0.4, -0.2) is 12.2 Å². The molecule has 1 unspecified atom stereocenters. The molecular formula is C17H20ClNO. The molecule has 2 rings (SSSR count). The summed E-state index contributed by atoms with van der Waals surface area (Å²) in [5, 5.41) is 10.2. The number of aliphatic hydroxyl groups excluding tert-OH is 1. The van der Waals surface area contributed by atoms with Gasteiger partial charge in [0, 0.05) is 12.7 Å². The normalized spacial score (nSPS) is 12.2. The Labute approximate surface area is 125 Å². The summed E-state index contributed by atoms with van der Waals surface area (Å²) in [5.74, 6) is 0. The van der Waals surface area contributed by atoms with E-state index in [9.17, 15) is 5.11 Å². The highest BCUT2D eigenvalue weighted by Gasteiger charge is 2.10. The molecule has 0 aliphatic rings. The minimum atomic E-state index is -0.504. The maximum absolute atomic E-state index is 9.58. The molecule has 0 radical (unpaired) electrons.